The van der Waals surface area contributed by atoms with Crippen molar-refractivity contribution in [3.05, 3.63) is 0 Å². The summed E-state index contributed by atoms with van der Waals surface area (Å²) in [6.45, 7) is 2.54. The molecule has 0 radical (unpaired) electrons. The summed E-state index contributed by atoms with van der Waals surface area (Å²) in [4.78, 5) is 0. The van der Waals surface area contributed by atoms with Crippen LogP contribution in [0.5, 0.6) is 0 Å². The summed E-state index contributed by atoms with van der Waals surface area (Å²) in [5.41, 5.74) is -0.833. The van der Waals surface area contributed by atoms with Crippen molar-refractivity contribution in [3.63, 3.8) is 0 Å². The molecule has 5 aliphatic carbocycles. The van der Waals surface area contributed by atoms with Gasteiger partial charge in [-0.25, -0.2) is 0 Å². The maximum atomic E-state index is 11.1. The minimum atomic E-state index is -0.954. The topological polar surface area (TPSA) is 49.7 Å². The standard InChI is InChI=1S/C22H32O3/c1-4-21(24)10-7-16-15-11-18(25-3)22-12-14(22)5-9-20(22,13-23)17(15)6-8-19(16,21)2/h1,14-18,23-24H,5-13H2,2-3H3. The minimum Gasteiger partial charge on any atom is -0.396 e. The van der Waals surface area contributed by atoms with E-state index in [1.165, 1.54) is 12.8 Å². The molecule has 5 aliphatic rings. The number of terminal acetylenes is 1. The molecule has 0 aromatic rings. The van der Waals surface area contributed by atoms with Crippen molar-refractivity contribution in [2.45, 2.75) is 70.0 Å². The summed E-state index contributed by atoms with van der Waals surface area (Å²) in [6, 6.07) is 0. The first-order chi connectivity index (χ1) is 11.9. The minimum absolute atomic E-state index is 0.0550. The summed E-state index contributed by atoms with van der Waals surface area (Å²) in [6.07, 6.45) is 14.7. The van der Waals surface area contributed by atoms with Crippen molar-refractivity contribution in [2.24, 2.45) is 39.9 Å². The quantitative estimate of drug-likeness (QED) is 0.757. The van der Waals surface area contributed by atoms with Crippen LogP contribution in [0.2, 0.25) is 0 Å². The summed E-state index contributed by atoms with van der Waals surface area (Å²) in [5.74, 6) is 5.10. The van der Waals surface area contributed by atoms with Crippen LogP contribution in [-0.2, 0) is 4.74 Å². The Labute approximate surface area is 151 Å². The third kappa shape index (κ3) is 1.59. The van der Waals surface area contributed by atoms with E-state index in [-0.39, 0.29) is 22.3 Å². The molecule has 1 spiro atoms. The van der Waals surface area contributed by atoms with Crippen LogP contribution in [0.3, 0.4) is 0 Å². The van der Waals surface area contributed by atoms with Gasteiger partial charge in [-0.2, -0.15) is 0 Å². The van der Waals surface area contributed by atoms with Gasteiger partial charge in [0.05, 0.1) is 6.10 Å². The largest absolute Gasteiger partial charge is 0.396 e. The van der Waals surface area contributed by atoms with Gasteiger partial charge in [-0.3, -0.25) is 0 Å². The Kier molecular flexibility index (Phi) is 3.21. The Morgan fingerprint density at radius 2 is 1.92 bits per heavy atom. The lowest BCUT2D eigenvalue weighted by molar-refractivity contribution is -0.188. The van der Waals surface area contributed by atoms with Gasteiger partial charge in [-0.15, -0.1) is 6.42 Å². The number of hydrogen-bond acceptors (Lipinski definition) is 3. The van der Waals surface area contributed by atoms with Gasteiger partial charge in [0.15, 0.2) is 0 Å². The van der Waals surface area contributed by atoms with Crippen molar-refractivity contribution < 1.29 is 14.9 Å². The molecule has 5 rings (SSSR count). The van der Waals surface area contributed by atoms with Gasteiger partial charge in [0.2, 0.25) is 0 Å². The van der Waals surface area contributed by atoms with Crippen molar-refractivity contribution in [3.8, 4) is 12.3 Å². The van der Waals surface area contributed by atoms with E-state index in [0.717, 1.165) is 44.4 Å². The number of rotatable bonds is 2. The van der Waals surface area contributed by atoms with Crippen molar-refractivity contribution in [2.75, 3.05) is 13.7 Å². The van der Waals surface area contributed by atoms with Crippen LogP contribution < -0.4 is 0 Å². The Hall–Kier alpha value is -0.560. The third-order valence-electron chi connectivity index (χ3n) is 10.2. The highest BCUT2D eigenvalue weighted by Gasteiger charge is 2.79. The molecule has 5 saturated carbocycles. The fraction of sp³-hybridized carbons (Fsp3) is 0.909. The lowest BCUT2D eigenvalue weighted by Crippen LogP contribution is -2.60. The number of ether oxygens (including phenoxy) is 1. The van der Waals surface area contributed by atoms with Crippen LogP contribution in [0, 0.1) is 52.3 Å². The summed E-state index contributed by atoms with van der Waals surface area (Å²) in [7, 11) is 1.87. The monoisotopic (exact) mass is 344 g/mol. The second kappa shape index (κ2) is 4.83. The van der Waals surface area contributed by atoms with E-state index in [2.05, 4.69) is 12.8 Å². The first-order valence-electron chi connectivity index (χ1n) is 10.3. The zero-order chi connectivity index (χ0) is 17.7. The predicted octanol–water partition coefficient (Wildman–Crippen LogP) is 2.99. The van der Waals surface area contributed by atoms with Gasteiger partial charge in [-0.1, -0.05) is 12.8 Å². The first kappa shape index (κ1) is 16.6. The molecule has 9 unspecified atom stereocenters. The zero-order valence-electron chi connectivity index (χ0n) is 15.6. The Balaban J connectivity index is 1.57. The van der Waals surface area contributed by atoms with E-state index < -0.39 is 5.60 Å². The second-order valence-electron chi connectivity index (χ2n) is 10.1. The van der Waals surface area contributed by atoms with Gasteiger partial charge >= 0.3 is 0 Å². The fourth-order valence-electron chi connectivity index (χ4n) is 8.89. The fourth-order valence-corrected chi connectivity index (χ4v) is 8.89. The number of fused-ring (bicyclic) bond motifs is 4. The average molecular weight is 344 g/mol. The molecular weight excluding hydrogens is 312 g/mol. The molecule has 5 fully saturated rings. The molecule has 138 valence electrons. The lowest BCUT2D eigenvalue weighted by atomic mass is 9.45. The molecule has 3 heteroatoms. The summed E-state index contributed by atoms with van der Waals surface area (Å²) >= 11 is 0. The SMILES string of the molecule is C#CC1(O)CCC2C3CC(OC)C45CC4CCC5(CO)C3CCC21C. The van der Waals surface area contributed by atoms with E-state index in [4.69, 9.17) is 11.2 Å². The van der Waals surface area contributed by atoms with Crippen LogP contribution >= 0.6 is 0 Å². The Morgan fingerprint density at radius 3 is 2.56 bits per heavy atom. The molecule has 0 aromatic carbocycles. The highest BCUT2D eigenvalue weighted by atomic mass is 16.5. The molecule has 2 N–H and O–H groups in total. The van der Waals surface area contributed by atoms with E-state index in [1.807, 2.05) is 7.11 Å². The van der Waals surface area contributed by atoms with Crippen LogP contribution in [0.4, 0.5) is 0 Å². The van der Waals surface area contributed by atoms with Crippen LogP contribution in [0.25, 0.3) is 0 Å². The maximum absolute atomic E-state index is 11.1. The molecule has 3 nitrogen and oxygen atoms in total. The van der Waals surface area contributed by atoms with Gasteiger partial charge in [0.1, 0.15) is 5.60 Å². The number of aliphatic hydroxyl groups excluding tert-OH is 1. The van der Waals surface area contributed by atoms with Gasteiger partial charge in [0.25, 0.3) is 0 Å². The Morgan fingerprint density at radius 1 is 1.16 bits per heavy atom. The molecule has 0 aromatic heterocycles. The van der Waals surface area contributed by atoms with Crippen LogP contribution in [0.15, 0.2) is 0 Å². The summed E-state index contributed by atoms with van der Waals surface area (Å²) < 4.78 is 6.07. The second-order valence-corrected chi connectivity index (χ2v) is 10.1. The van der Waals surface area contributed by atoms with Crippen LogP contribution in [-0.4, -0.2) is 35.6 Å². The first-order valence-corrected chi connectivity index (χ1v) is 10.3. The highest BCUT2D eigenvalue weighted by Crippen LogP contribution is 2.82. The summed E-state index contributed by atoms with van der Waals surface area (Å²) in [5, 5.41) is 21.7. The van der Waals surface area contributed by atoms with E-state index in [0.29, 0.717) is 24.4 Å². The van der Waals surface area contributed by atoms with E-state index in [9.17, 15) is 10.2 Å². The van der Waals surface area contributed by atoms with Gasteiger partial charge < -0.3 is 14.9 Å². The van der Waals surface area contributed by atoms with Gasteiger partial charge in [0, 0.05) is 30.0 Å². The number of hydrogen-bond donors (Lipinski definition) is 2. The van der Waals surface area contributed by atoms with Crippen LogP contribution in [0.1, 0.15) is 58.3 Å². The molecular formula is C22H32O3. The molecule has 9 atom stereocenters. The smallest absolute Gasteiger partial charge is 0.130 e. The maximum Gasteiger partial charge on any atom is 0.130 e. The molecule has 0 amide bonds. The number of methoxy groups -OCH3 is 1. The normalized spacial score (nSPS) is 61.6. The van der Waals surface area contributed by atoms with E-state index >= 15 is 0 Å². The van der Waals surface area contributed by atoms with E-state index in [1.54, 1.807) is 0 Å². The molecule has 0 aliphatic heterocycles. The Bertz CT molecular complexity index is 640. The third-order valence-corrected chi connectivity index (χ3v) is 10.2. The van der Waals surface area contributed by atoms with Gasteiger partial charge in [-0.05, 0) is 75.0 Å². The molecule has 0 bridgehead atoms. The average Bonchev–Trinajstić information content (AvgIpc) is 3.16. The van der Waals surface area contributed by atoms with Crippen molar-refractivity contribution in [1.29, 1.82) is 0 Å². The molecule has 25 heavy (non-hydrogen) atoms. The zero-order valence-corrected chi connectivity index (χ0v) is 15.6. The highest BCUT2D eigenvalue weighted by molar-refractivity contribution is 5.29. The van der Waals surface area contributed by atoms with Crippen molar-refractivity contribution in [1.82, 2.24) is 0 Å². The lowest BCUT2D eigenvalue weighted by Gasteiger charge is -2.61. The van der Waals surface area contributed by atoms with Crippen molar-refractivity contribution >= 4 is 0 Å². The molecule has 0 heterocycles. The molecule has 0 saturated heterocycles. The predicted molar refractivity (Wildman–Crippen MR) is 95.5 cm³/mol. The number of aliphatic hydroxyl groups is 2.